The maximum absolute atomic E-state index is 13.0. The van der Waals surface area contributed by atoms with Crippen LogP contribution in [-0.2, 0) is 9.59 Å². The minimum atomic E-state index is -0.0988. The van der Waals surface area contributed by atoms with Gasteiger partial charge in [-0.05, 0) is 23.7 Å². The molecule has 114 valence electrons. The van der Waals surface area contributed by atoms with E-state index in [0.29, 0.717) is 19.4 Å². The van der Waals surface area contributed by atoms with Crippen LogP contribution in [-0.4, -0.2) is 34.4 Å². The van der Waals surface area contributed by atoms with Crippen molar-refractivity contribution in [1.82, 2.24) is 10.0 Å². The molecule has 4 heteroatoms. The van der Waals surface area contributed by atoms with Gasteiger partial charge in [-0.2, -0.15) is 0 Å². The van der Waals surface area contributed by atoms with Gasteiger partial charge in [0, 0.05) is 18.9 Å². The van der Waals surface area contributed by atoms with Crippen molar-refractivity contribution in [2.45, 2.75) is 66.8 Å². The van der Waals surface area contributed by atoms with Crippen LogP contribution in [0.4, 0.5) is 0 Å². The maximum Gasteiger partial charge on any atom is 0.245 e. The highest BCUT2D eigenvalue weighted by atomic mass is 16.2. The van der Waals surface area contributed by atoms with Crippen molar-refractivity contribution < 1.29 is 9.59 Å². The monoisotopic (exact) mass is 280 g/mol. The summed E-state index contributed by atoms with van der Waals surface area (Å²) in [6, 6.07) is 0.127. The first-order chi connectivity index (χ1) is 9.03. The normalized spacial score (nSPS) is 28.7. The number of fused-ring (bicyclic) bond motifs is 1. The van der Waals surface area contributed by atoms with Gasteiger partial charge in [-0.15, -0.1) is 0 Å². The molecule has 2 aliphatic rings. The van der Waals surface area contributed by atoms with Gasteiger partial charge in [0.05, 0.1) is 6.04 Å². The predicted molar refractivity (Wildman–Crippen MR) is 78.6 cm³/mol. The maximum atomic E-state index is 13.0. The molecule has 4 nitrogen and oxygen atoms in total. The van der Waals surface area contributed by atoms with Gasteiger partial charge in [0.15, 0.2) is 0 Å². The minimum Gasteiger partial charge on any atom is -0.273 e. The van der Waals surface area contributed by atoms with Crippen molar-refractivity contribution in [2.24, 2.45) is 16.7 Å². The fourth-order valence-corrected chi connectivity index (χ4v) is 3.44. The molecule has 2 amide bonds. The molecule has 0 N–H and O–H groups in total. The van der Waals surface area contributed by atoms with E-state index in [2.05, 4.69) is 41.5 Å². The summed E-state index contributed by atoms with van der Waals surface area (Å²) in [6.07, 6.45) is 2.05. The molecule has 2 atom stereocenters. The Bertz CT molecular complexity index is 417. The lowest BCUT2D eigenvalue weighted by Crippen LogP contribution is -2.53. The van der Waals surface area contributed by atoms with Crippen LogP contribution in [0.5, 0.6) is 0 Å². The summed E-state index contributed by atoms with van der Waals surface area (Å²) in [5.41, 5.74) is -0.101. The van der Waals surface area contributed by atoms with Crippen LogP contribution in [0.15, 0.2) is 0 Å². The van der Waals surface area contributed by atoms with Crippen molar-refractivity contribution in [3.63, 3.8) is 0 Å². The topological polar surface area (TPSA) is 40.6 Å². The second-order valence-electron chi connectivity index (χ2n) is 8.33. The van der Waals surface area contributed by atoms with Gasteiger partial charge < -0.3 is 0 Å². The Hall–Kier alpha value is -1.06. The Morgan fingerprint density at radius 3 is 2.05 bits per heavy atom. The van der Waals surface area contributed by atoms with Crippen LogP contribution in [0.3, 0.4) is 0 Å². The highest BCUT2D eigenvalue weighted by molar-refractivity contribution is 5.87. The second kappa shape index (κ2) is 4.74. The smallest absolute Gasteiger partial charge is 0.245 e. The molecule has 20 heavy (non-hydrogen) atoms. The fourth-order valence-electron chi connectivity index (χ4n) is 3.44. The largest absolute Gasteiger partial charge is 0.273 e. The van der Waals surface area contributed by atoms with Gasteiger partial charge in [0.1, 0.15) is 0 Å². The Morgan fingerprint density at radius 1 is 0.950 bits per heavy atom. The van der Waals surface area contributed by atoms with E-state index in [1.54, 1.807) is 10.0 Å². The zero-order valence-corrected chi connectivity index (χ0v) is 13.7. The molecule has 0 aromatic carbocycles. The van der Waals surface area contributed by atoms with Gasteiger partial charge in [-0.25, -0.2) is 5.01 Å². The standard InChI is InChI=1S/C16H28N2O2/c1-15(2,3)11-7-8-13(19)17-10-9-12(16(4,5)6)18(17)14(11)20/h11-12H,7-10H2,1-6H3. The fraction of sp³-hybridized carbons (Fsp3) is 0.875. The number of amides is 2. The number of nitrogens with zero attached hydrogens (tertiary/aromatic N) is 2. The minimum absolute atomic E-state index is 0.00252. The molecule has 0 spiro atoms. The Balaban J connectivity index is 2.38. The lowest BCUT2D eigenvalue weighted by atomic mass is 9.76. The SMILES string of the molecule is CC(C)(C)C1CCC(=O)N2CCC(C(C)(C)C)N2C1=O. The number of carbonyl (C=O) groups is 2. The zero-order chi connectivity index (χ0) is 15.3. The average Bonchev–Trinajstić information content (AvgIpc) is 2.66. The third kappa shape index (κ3) is 2.57. The van der Waals surface area contributed by atoms with Crippen molar-refractivity contribution in [3.8, 4) is 0 Å². The van der Waals surface area contributed by atoms with E-state index in [4.69, 9.17) is 0 Å². The van der Waals surface area contributed by atoms with E-state index in [0.717, 1.165) is 6.42 Å². The number of rotatable bonds is 0. The lowest BCUT2D eigenvalue weighted by molar-refractivity contribution is -0.165. The van der Waals surface area contributed by atoms with Crippen LogP contribution in [0.2, 0.25) is 0 Å². The summed E-state index contributed by atoms with van der Waals surface area (Å²) in [5, 5.41) is 3.51. The number of hydrogen-bond acceptors (Lipinski definition) is 2. The van der Waals surface area contributed by atoms with E-state index in [-0.39, 0.29) is 34.6 Å². The van der Waals surface area contributed by atoms with Crippen molar-refractivity contribution in [2.75, 3.05) is 6.54 Å². The number of hydrogen-bond donors (Lipinski definition) is 0. The van der Waals surface area contributed by atoms with Gasteiger partial charge in [-0.1, -0.05) is 41.5 Å². The highest BCUT2D eigenvalue weighted by Gasteiger charge is 2.49. The third-order valence-corrected chi connectivity index (χ3v) is 4.67. The van der Waals surface area contributed by atoms with Crippen molar-refractivity contribution in [3.05, 3.63) is 0 Å². The predicted octanol–water partition coefficient (Wildman–Crippen LogP) is 2.83. The van der Waals surface area contributed by atoms with Gasteiger partial charge in [-0.3, -0.25) is 14.6 Å². The summed E-state index contributed by atoms with van der Waals surface area (Å²) in [6.45, 7) is 13.4. The van der Waals surface area contributed by atoms with E-state index in [1.165, 1.54) is 0 Å². The molecule has 0 aliphatic carbocycles. The van der Waals surface area contributed by atoms with Crippen LogP contribution in [0.1, 0.15) is 60.8 Å². The molecule has 2 aliphatic heterocycles. The Kier molecular flexibility index (Phi) is 3.64. The molecule has 0 aromatic heterocycles. The molecule has 0 radical (unpaired) electrons. The lowest BCUT2D eigenvalue weighted by Gasteiger charge is -2.40. The zero-order valence-electron chi connectivity index (χ0n) is 13.7. The molecular formula is C16H28N2O2. The molecule has 2 fully saturated rings. The number of carbonyl (C=O) groups excluding carboxylic acids is 2. The van der Waals surface area contributed by atoms with E-state index in [1.807, 2.05) is 0 Å². The van der Waals surface area contributed by atoms with Gasteiger partial charge >= 0.3 is 0 Å². The average molecular weight is 280 g/mol. The first-order valence-electron chi connectivity index (χ1n) is 7.67. The van der Waals surface area contributed by atoms with Crippen molar-refractivity contribution >= 4 is 11.8 Å². The first-order valence-corrected chi connectivity index (χ1v) is 7.67. The van der Waals surface area contributed by atoms with Gasteiger partial charge in [0.25, 0.3) is 0 Å². The Morgan fingerprint density at radius 2 is 1.55 bits per heavy atom. The molecule has 0 bridgehead atoms. The molecule has 2 rings (SSSR count). The summed E-state index contributed by atoms with van der Waals surface area (Å²) in [7, 11) is 0. The van der Waals surface area contributed by atoms with Crippen molar-refractivity contribution in [1.29, 1.82) is 0 Å². The second-order valence-corrected chi connectivity index (χ2v) is 8.33. The van der Waals surface area contributed by atoms with E-state index >= 15 is 0 Å². The highest BCUT2D eigenvalue weighted by Crippen LogP contribution is 2.40. The van der Waals surface area contributed by atoms with Crippen LogP contribution in [0, 0.1) is 16.7 Å². The Labute approximate surface area is 122 Å². The number of hydrazine groups is 1. The summed E-state index contributed by atoms with van der Waals surface area (Å²) >= 11 is 0. The van der Waals surface area contributed by atoms with E-state index in [9.17, 15) is 9.59 Å². The third-order valence-electron chi connectivity index (χ3n) is 4.67. The van der Waals surface area contributed by atoms with Crippen LogP contribution >= 0.6 is 0 Å². The summed E-state index contributed by atoms with van der Waals surface area (Å²) < 4.78 is 0. The van der Waals surface area contributed by atoms with Crippen LogP contribution in [0.25, 0.3) is 0 Å². The first kappa shape index (κ1) is 15.3. The molecule has 0 saturated carbocycles. The molecule has 2 saturated heterocycles. The molecule has 2 heterocycles. The van der Waals surface area contributed by atoms with E-state index < -0.39 is 0 Å². The van der Waals surface area contributed by atoms with Crippen LogP contribution < -0.4 is 0 Å². The van der Waals surface area contributed by atoms with Gasteiger partial charge in [0.2, 0.25) is 11.8 Å². The molecule has 0 aromatic rings. The molecule has 2 unspecified atom stereocenters. The molecular weight excluding hydrogens is 252 g/mol. The quantitative estimate of drug-likeness (QED) is 0.684. The summed E-state index contributed by atoms with van der Waals surface area (Å²) in [5.74, 6) is 0.178. The summed E-state index contributed by atoms with van der Waals surface area (Å²) in [4.78, 5) is 25.3.